The van der Waals surface area contributed by atoms with Gasteiger partial charge < -0.3 is 4.98 Å². The van der Waals surface area contributed by atoms with E-state index in [-0.39, 0.29) is 5.56 Å². The minimum absolute atomic E-state index is 0.267. The zero-order valence-electron chi connectivity index (χ0n) is 11.3. The molecule has 1 saturated carbocycles. The number of aromatic amines is 2. The third-order valence-electron chi connectivity index (χ3n) is 3.55. The minimum atomic E-state index is -0.554. The molecule has 0 saturated heterocycles. The molecule has 3 rings (SSSR count). The molecule has 0 unspecified atom stereocenters. The van der Waals surface area contributed by atoms with Crippen LogP contribution in [-0.4, -0.2) is 20.2 Å². The van der Waals surface area contributed by atoms with Crippen LogP contribution < -0.4 is 11.2 Å². The van der Waals surface area contributed by atoms with Crippen molar-refractivity contribution >= 4 is 11.6 Å². The van der Waals surface area contributed by atoms with Gasteiger partial charge in [0.1, 0.15) is 5.69 Å². The first-order chi connectivity index (χ1) is 10.1. The van der Waals surface area contributed by atoms with E-state index in [2.05, 4.69) is 26.2 Å². The first-order valence-electron chi connectivity index (χ1n) is 6.58. The number of H-pyrrole nitrogens is 2. The molecule has 0 aliphatic heterocycles. The molecule has 0 radical (unpaired) electrons. The molecule has 6 nitrogen and oxygen atoms in total. The highest BCUT2D eigenvalue weighted by Gasteiger charge is 2.38. The summed E-state index contributed by atoms with van der Waals surface area (Å²) in [5.41, 5.74) is 0.500. The van der Waals surface area contributed by atoms with Crippen molar-refractivity contribution in [1.29, 1.82) is 0 Å². The lowest BCUT2D eigenvalue weighted by molar-refractivity contribution is 0.945. The average molecular weight is 305 g/mol. The van der Waals surface area contributed by atoms with E-state index in [0.29, 0.717) is 22.7 Å². The second-order valence-electron chi connectivity index (χ2n) is 4.99. The summed E-state index contributed by atoms with van der Waals surface area (Å²) < 4.78 is 0. The lowest BCUT2D eigenvalue weighted by Gasteiger charge is -2.04. The predicted molar refractivity (Wildman–Crippen MR) is 79.4 cm³/mol. The summed E-state index contributed by atoms with van der Waals surface area (Å²) >= 11 is 6.11. The first-order valence-corrected chi connectivity index (χ1v) is 6.96. The quantitative estimate of drug-likeness (QED) is 0.847. The molecule has 0 aromatic carbocycles. The van der Waals surface area contributed by atoms with Crippen LogP contribution in [-0.2, 0) is 0 Å². The van der Waals surface area contributed by atoms with Crippen LogP contribution in [0.15, 0.2) is 34.0 Å². The fourth-order valence-corrected chi connectivity index (χ4v) is 2.65. The Hall–Kier alpha value is -2.21. The Labute approximate surface area is 124 Å². The van der Waals surface area contributed by atoms with Crippen LogP contribution in [0.1, 0.15) is 24.8 Å². The fraction of sp³-hybridized carbons (Fsp3) is 0.286. The van der Waals surface area contributed by atoms with Gasteiger partial charge in [0.25, 0.3) is 5.56 Å². The van der Waals surface area contributed by atoms with Crippen LogP contribution in [0.25, 0.3) is 11.3 Å². The van der Waals surface area contributed by atoms with Crippen molar-refractivity contribution in [2.75, 3.05) is 0 Å². The molecule has 2 aromatic rings. The van der Waals surface area contributed by atoms with E-state index >= 15 is 0 Å². The molecule has 0 spiro atoms. The number of aromatic nitrogens is 4. The third-order valence-corrected chi connectivity index (χ3v) is 3.84. The second kappa shape index (κ2) is 5.29. The van der Waals surface area contributed by atoms with Gasteiger partial charge in [-0.05, 0) is 36.8 Å². The van der Waals surface area contributed by atoms with Crippen molar-refractivity contribution < 1.29 is 0 Å². The molecule has 1 aliphatic rings. The molecule has 0 amide bonds. The number of hydrogen-bond donors (Lipinski definition) is 2. The highest BCUT2D eigenvalue weighted by atomic mass is 35.5. The fourth-order valence-electron chi connectivity index (χ4n) is 2.42. The third kappa shape index (κ3) is 2.67. The van der Waals surface area contributed by atoms with Gasteiger partial charge in [-0.2, -0.15) is 0 Å². The summed E-state index contributed by atoms with van der Waals surface area (Å²) in [5, 5.41) is 8.22. The van der Waals surface area contributed by atoms with E-state index in [0.717, 1.165) is 12.0 Å². The summed E-state index contributed by atoms with van der Waals surface area (Å²) in [7, 11) is 0. The maximum Gasteiger partial charge on any atom is 0.325 e. The SMILES string of the molecule is C/C=C/[C@H]1C[C@@H]1c1cc(-c2c[nH]c(=O)[nH]c2=O)nnc1Cl. The van der Waals surface area contributed by atoms with E-state index in [1.165, 1.54) is 6.20 Å². The summed E-state index contributed by atoms with van der Waals surface area (Å²) in [6.45, 7) is 1.98. The van der Waals surface area contributed by atoms with E-state index in [4.69, 9.17) is 11.6 Å². The van der Waals surface area contributed by atoms with Crippen molar-refractivity contribution in [3.63, 3.8) is 0 Å². The van der Waals surface area contributed by atoms with E-state index in [9.17, 15) is 9.59 Å². The number of nitrogens with one attached hydrogen (secondary N) is 2. The molecule has 2 heterocycles. The molecule has 2 atom stereocenters. The molecule has 108 valence electrons. The maximum atomic E-state index is 11.8. The van der Waals surface area contributed by atoms with Gasteiger partial charge in [-0.1, -0.05) is 23.8 Å². The van der Waals surface area contributed by atoms with Crippen LogP contribution in [0.5, 0.6) is 0 Å². The summed E-state index contributed by atoms with van der Waals surface area (Å²) in [5.74, 6) is 0.767. The molecule has 7 heteroatoms. The summed E-state index contributed by atoms with van der Waals surface area (Å²) in [4.78, 5) is 27.4. The molecule has 21 heavy (non-hydrogen) atoms. The van der Waals surface area contributed by atoms with Crippen LogP contribution in [0, 0.1) is 5.92 Å². The van der Waals surface area contributed by atoms with Gasteiger partial charge in [-0.25, -0.2) is 4.79 Å². The smallest absolute Gasteiger partial charge is 0.313 e. The number of nitrogens with zero attached hydrogens (tertiary/aromatic N) is 2. The Kier molecular flexibility index (Phi) is 3.47. The lowest BCUT2D eigenvalue weighted by Crippen LogP contribution is -2.23. The Morgan fingerprint density at radius 2 is 2.19 bits per heavy atom. The van der Waals surface area contributed by atoms with Gasteiger partial charge in [-0.15, -0.1) is 10.2 Å². The Balaban J connectivity index is 2.02. The average Bonchev–Trinajstić information content (AvgIpc) is 3.19. The summed E-state index contributed by atoms with van der Waals surface area (Å²) in [6, 6.07) is 1.77. The second-order valence-corrected chi connectivity index (χ2v) is 5.35. The van der Waals surface area contributed by atoms with Crippen molar-refractivity contribution in [2.45, 2.75) is 19.3 Å². The zero-order valence-corrected chi connectivity index (χ0v) is 12.0. The van der Waals surface area contributed by atoms with E-state index in [1.54, 1.807) is 6.07 Å². The zero-order chi connectivity index (χ0) is 15.0. The van der Waals surface area contributed by atoms with Crippen molar-refractivity contribution in [2.24, 2.45) is 5.92 Å². The monoisotopic (exact) mass is 304 g/mol. The molecular weight excluding hydrogens is 292 g/mol. The van der Waals surface area contributed by atoms with E-state index in [1.807, 2.05) is 13.0 Å². The van der Waals surface area contributed by atoms with Crippen LogP contribution in [0.4, 0.5) is 0 Å². The number of halogens is 1. The van der Waals surface area contributed by atoms with Gasteiger partial charge >= 0.3 is 5.69 Å². The first kappa shape index (κ1) is 13.8. The van der Waals surface area contributed by atoms with Gasteiger partial charge in [0.05, 0.1) is 5.56 Å². The largest absolute Gasteiger partial charge is 0.325 e. The van der Waals surface area contributed by atoms with Gasteiger partial charge in [0.15, 0.2) is 5.15 Å². The minimum Gasteiger partial charge on any atom is -0.313 e. The molecule has 2 N–H and O–H groups in total. The highest BCUT2D eigenvalue weighted by molar-refractivity contribution is 6.30. The molecular formula is C14H13ClN4O2. The van der Waals surface area contributed by atoms with Crippen LogP contribution in [0.2, 0.25) is 5.15 Å². The predicted octanol–water partition coefficient (Wildman–Crippen LogP) is 1.85. The van der Waals surface area contributed by atoms with Crippen LogP contribution >= 0.6 is 11.6 Å². The molecule has 1 aliphatic carbocycles. The Morgan fingerprint density at radius 1 is 1.38 bits per heavy atom. The van der Waals surface area contributed by atoms with E-state index < -0.39 is 11.2 Å². The van der Waals surface area contributed by atoms with Crippen molar-refractivity contribution in [3.05, 3.63) is 56.0 Å². The van der Waals surface area contributed by atoms with Crippen LogP contribution in [0.3, 0.4) is 0 Å². The lowest BCUT2D eigenvalue weighted by atomic mass is 10.1. The van der Waals surface area contributed by atoms with Crippen molar-refractivity contribution in [1.82, 2.24) is 20.2 Å². The van der Waals surface area contributed by atoms with Gasteiger partial charge in [-0.3, -0.25) is 9.78 Å². The Bertz CT molecular complexity index is 824. The summed E-state index contributed by atoms with van der Waals surface area (Å²) in [6.07, 6.45) is 6.49. The highest BCUT2D eigenvalue weighted by Crippen LogP contribution is 2.50. The van der Waals surface area contributed by atoms with Crippen molar-refractivity contribution in [3.8, 4) is 11.3 Å². The van der Waals surface area contributed by atoms with Gasteiger partial charge in [0, 0.05) is 6.20 Å². The number of hydrogen-bond acceptors (Lipinski definition) is 4. The molecule has 0 bridgehead atoms. The maximum absolute atomic E-state index is 11.8. The molecule has 2 aromatic heterocycles. The normalized spacial score (nSPS) is 20.9. The number of rotatable bonds is 3. The molecule has 1 fully saturated rings. The number of allylic oxidation sites excluding steroid dienone is 2. The standard InChI is InChI=1S/C14H13ClN4O2/c1-2-3-7-4-8(7)9-5-11(18-19-12(9)15)10-6-16-14(21)17-13(10)20/h2-3,5-8H,4H2,1H3,(H2,16,17,20,21)/b3-2+/t7-,8-/m0/s1. The van der Waals surface area contributed by atoms with Gasteiger partial charge in [0.2, 0.25) is 0 Å². The topological polar surface area (TPSA) is 91.5 Å². The Morgan fingerprint density at radius 3 is 2.90 bits per heavy atom.